The Bertz CT molecular complexity index is 536. The van der Waals surface area contributed by atoms with E-state index in [4.69, 9.17) is 4.74 Å². The number of hydrogen-bond acceptors (Lipinski definition) is 3. The lowest BCUT2D eigenvalue weighted by atomic mass is 10.0. The van der Waals surface area contributed by atoms with Crippen molar-refractivity contribution in [1.82, 2.24) is 0 Å². The van der Waals surface area contributed by atoms with E-state index < -0.39 is 0 Å². The van der Waals surface area contributed by atoms with Crippen molar-refractivity contribution in [2.75, 3.05) is 12.4 Å². The number of phenols is 1. The third-order valence-electron chi connectivity index (χ3n) is 3.09. The first-order valence-corrected chi connectivity index (χ1v) is 6.95. The van der Waals surface area contributed by atoms with E-state index in [0.717, 1.165) is 11.5 Å². The SMILES string of the molecule is Oc1ccc(OCC2CSc3ccccc32)cc1. The van der Waals surface area contributed by atoms with Crippen molar-refractivity contribution in [2.45, 2.75) is 10.8 Å². The van der Waals surface area contributed by atoms with Gasteiger partial charge in [-0.2, -0.15) is 0 Å². The predicted molar refractivity (Wildman–Crippen MR) is 73.5 cm³/mol. The van der Waals surface area contributed by atoms with Crippen LogP contribution in [0.15, 0.2) is 53.4 Å². The lowest BCUT2D eigenvalue weighted by Gasteiger charge is -2.12. The Kier molecular flexibility index (Phi) is 3.15. The van der Waals surface area contributed by atoms with Gasteiger partial charge >= 0.3 is 0 Å². The van der Waals surface area contributed by atoms with Gasteiger partial charge in [0.25, 0.3) is 0 Å². The van der Waals surface area contributed by atoms with Crippen molar-refractivity contribution in [3.05, 3.63) is 54.1 Å². The summed E-state index contributed by atoms with van der Waals surface area (Å²) in [6, 6.07) is 15.4. The van der Waals surface area contributed by atoms with Crippen LogP contribution < -0.4 is 4.74 Å². The number of ether oxygens (including phenoxy) is 1. The van der Waals surface area contributed by atoms with Crippen molar-refractivity contribution in [3.8, 4) is 11.5 Å². The first kappa shape index (κ1) is 11.5. The van der Waals surface area contributed by atoms with E-state index in [1.807, 2.05) is 11.8 Å². The Morgan fingerprint density at radius 1 is 1.11 bits per heavy atom. The molecule has 92 valence electrons. The molecule has 0 saturated carbocycles. The van der Waals surface area contributed by atoms with Crippen LogP contribution in [0.3, 0.4) is 0 Å². The molecule has 0 spiro atoms. The lowest BCUT2D eigenvalue weighted by molar-refractivity contribution is 0.297. The fraction of sp³-hybridized carbons (Fsp3) is 0.200. The molecule has 1 N–H and O–H groups in total. The Labute approximate surface area is 111 Å². The van der Waals surface area contributed by atoms with Gasteiger partial charge in [-0.15, -0.1) is 11.8 Å². The third-order valence-corrected chi connectivity index (χ3v) is 4.34. The highest BCUT2D eigenvalue weighted by atomic mass is 32.2. The maximum Gasteiger partial charge on any atom is 0.119 e. The Morgan fingerprint density at radius 2 is 1.89 bits per heavy atom. The van der Waals surface area contributed by atoms with Crippen molar-refractivity contribution in [2.24, 2.45) is 0 Å². The van der Waals surface area contributed by atoms with E-state index in [9.17, 15) is 5.11 Å². The molecule has 1 atom stereocenters. The molecule has 0 radical (unpaired) electrons. The second-order valence-corrected chi connectivity index (χ2v) is 5.41. The van der Waals surface area contributed by atoms with Crippen LogP contribution in [0.1, 0.15) is 11.5 Å². The van der Waals surface area contributed by atoms with Crippen LogP contribution in [0.2, 0.25) is 0 Å². The summed E-state index contributed by atoms with van der Waals surface area (Å²) in [4.78, 5) is 1.37. The quantitative estimate of drug-likeness (QED) is 0.911. The second-order valence-electron chi connectivity index (χ2n) is 4.35. The van der Waals surface area contributed by atoms with Crippen LogP contribution in [0.5, 0.6) is 11.5 Å². The molecule has 0 aliphatic carbocycles. The van der Waals surface area contributed by atoms with Gasteiger partial charge in [0.15, 0.2) is 0 Å². The molecule has 1 unspecified atom stereocenters. The maximum absolute atomic E-state index is 9.21. The first-order chi connectivity index (χ1) is 8.83. The zero-order chi connectivity index (χ0) is 12.4. The fourth-order valence-corrected chi connectivity index (χ4v) is 3.34. The topological polar surface area (TPSA) is 29.5 Å². The number of hydrogen-bond donors (Lipinski definition) is 1. The Morgan fingerprint density at radius 3 is 2.72 bits per heavy atom. The highest BCUT2D eigenvalue weighted by Crippen LogP contribution is 2.39. The number of aromatic hydroxyl groups is 1. The van der Waals surface area contributed by atoms with Crippen LogP contribution >= 0.6 is 11.8 Å². The van der Waals surface area contributed by atoms with Crippen molar-refractivity contribution in [1.29, 1.82) is 0 Å². The Hall–Kier alpha value is -1.61. The number of fused-ring (bicyclic) bond motifs is 1. The van der Waals surface area contributed by atoms with Crippen LogP contribution in [0.4, 0.5) is 0 Å². The largest absolute Gasteiger partial charge is 0.508 e. The summed E-state index contributed by atoms with van der Waals surface area (Å²) in [5.41, 5.74) is 1.39. The smallest absolute Gasteiger partial charge is 0.119 e. The molecule has 0 bridgehead atoms. The number of benzene rings is 2. The van der Waals surface area contributed by atoms with E-state index in [0.29, 0.717) is 12.5 Å². The highest BCUT2D eigenvalue weighted by molar-refractivity contribution is 7.99. The lowest BCUT2D eigenvalue weighted by Crippen LogP contribution is -2.09. The van der Waals surface area contributed by atoms with Gasteiger partial charge in [-0.25, -0.2) is 0 Å². The molecule has 3 rings (SSSR count). The first-order valence-electron chi connectivity index (χ1n) is 5.96. The standard InChI is InChI=1S/C15H14O2S/c16-12-5-7-13(8-6-12)17-9-11-10-18-15-4-2-1-3-14(11)15/h1-8,11,16H,9-10H2. The monoisotopic (exact) mass is 258 g/mol. The summed E-state index contributed by atoms with van der Waals surface area (Å²) in [6.07, 6.45) is 0. The molecule has 1 aliphatic rings. The average molecular weight is 258 g/mol. The number of phenolic OH excluding ortho intramolecular Hbond substituents is 1. The zero-order valence-corrected chi connectivity index (χ0v) is 10.7. The number of rotatable bonds is 3. The molecule has 1 heterocycles. The summed E-state index contributed by atoms with van der Waals surface area (Å²) in [7, 11) is 0. The minimum Gasteiger partial charge on any atom is -0.508 e. The highest BCUT2D eigenvalue weighted by Gasteiger charge is 2.23. The third kappa shape index (κ3) is 2.31. The van der Waals surface area contributed by atoms with Gasteiger partial charge in [-0.3, -0.25) is 0 Å². The van der Waals surface area contributed by atoms with Gasteiger partial charge in [0.2, 0.25) is 0 Å². The van der Waals surface area contributed by atoms with Gasteiger partial charge in [0, 0.05) is 16.6 Å². The molecule has 0 aromatic heterocycles. The van der Waals surface area contributed by atoms with Crippen molar-refractivity contribution < 1.29 is 9.84 Å². The van der Waals surface area contributed by atoms with E-state index in [-0.39, 0.29) is 5.75 Å². The van der Waals surface area contributed by atoms with Crippen molar-refractivity contribution >= 4 is 11.8 Å². The number of thioether (sulfide) groups is 1. The fourth-order valence-electron chi connectivity index (χ4n) is 2.11. The maximum atomic E-state index is 9.21. The molecule has 2 aromatic carbocycles. The molecule has 3 heteroatoms. The van der Waals surface area contributed by atoms with E-state index in [1.165, 1.54) is 10.5 Å². The van der Waals surface area contributed by atoms with E-state index in [2.05, 4.69) is 24.3 Å². The van der Waals surface area contributed by atoms with Gasteiger partial charge < -0.3 is 9.84 Å². The molecule has 1 aliphatic heterocycles. The van der Waals surface area contributed by atoms with Crippen LogP contribution in [-0.2, 0) is 0 Å². The zero-order valence-electron chi connectivity index (χ0n) is 9.87. The Balaban J connectivity index is 1.67. The minimum absolute atomic E-state index is 0.268. The molecular formula is C15H14O2S. The van der Waals surface area contributed by atoms with Crippen LogP contribution in [0.25, 0.3) is 0 Å². The van der Waals surface area contributed by atoms with Crippen molar-refractivity contribution in [3.63, 3.8) is 0 Å². The van der Waals surface area contributed by atoms with Crippen LogP contribution in [-0.4, -0.2) is 17.5 Å². The predicted octanol–water partition coefficient (Wildman–Crippen LogP) is 3.66. The normalized spacial score (nSPS) is 17.4. The minimum atomic E-state index is 0.268. The summed E-state index contributed by atoms with van der Waals surface area (Å²) in [6.45, 7) is 0.689. The molecule has 0 amide bonds. The summed E-state index contributed by atoms with van der Waals surface area (Å²) in [5.74, 6) is 2.61. The van der Waals surface area contributed by atoms with Gasteiger partial charge in [0.1, 0.15) is 11.5 Å². The molecular weight excluding hydrogens is 244 g/mol. The van der Waals surface area contributed by atoms with E-state index >= 15 is 0 Å². The molecule has 0 saturated heterocycles. The molecule has 2 nitrogen and oxygen atoms in total. The summed E-state index contributed by atoms with van der Waals surface area (Å²) in [5, 5.41) is 9.21. The van der Waals surface area contributed by atoms with Gasteiger partial charge in [0.05, 0.1) is 6.61 Å². The van der Waals surface area contributed by atoms with Gasteiger partial charge in [-0.05, 0) is 35.9 Å². The summed E-state index contributed by atoms with van der Waals surface area (Å²) < 4.78 is 5.78. The second kappa shape index (κ2) is 4.94. The average Bonchev–Trinajstić information content (AvgIpc) is 2.82. The molecule has 0 fully saturated rings. The van der Waals surface area contributed by atoms with E-state index in [1.54, 1.807) is 24.3 Å². The molecule has 18 heavy (non-hydrogen) atoms. The van der Waals surface area contributed by atoms with Gasteiger partial charge in [-0.1, -0.05) is 18.2 Å². The molecule has 2 aromatic rings. The summed E-state index contributed by atoms with van der Waals surface area (Å²) >= 11 is 1.89. The van der Waals surface area contributed by atoms with Crippen LogP contribution in [0, 0.1) is 0 Å².